The van der Waals surface area contributed by atoms with Crippen LogP contribution in [0, 0.1) is 0 Å². The first-order valence-corrected chi connectivity index (χ1v) is 6.38. The molecule has 4 nitrogen and oxygen atoms in total. The number of ether oxygens (including phenoxy) is 2. The molecule has 0 bridgehead atoms. The molecule has 1 aromatic carbocycles. The van der Waals surface area contributed by atoms with E-state index in [-0.39, 0.29) is 12.7 Å². The van der Waals surface area contributed by atoms with Crippen LogP contribution in [0.3, 0.4) is 0 Å². The molecule has 1 aromatic rings. The van der Waals surface area contributed by atoms with Crippen LogP contribution in [0.2, 0.25) is 5.02 Å². The Hall–Kier alpha value is -1.26. The number of rotatable bonds is 3. The van der Waals surface area contributed by atoms with Gasteiger partial charge in [0.25, 0.3) is 0 Å². The molecular weight excluding hydrogens is 254 g/mol. The van der Waals surface area contributed by atoms with Crippen LogP contribution in [-0.4, -0.2) is 25.3 Å². The molecule has 18 heavy (non-hydrogen) atoms. The van der Waals surface area contributed by atoms with Crippen molar-refractivity contribution in [3.8, 4) is 0 Å². The van der Waals surface area contributed by atoms with Crippen LogP contribution in [-0.2, 0) is 9.47 Å². The predicted molar refractivity (Wildman–Crippen MR) is 69.7 cm³/mol. The van der Waals surface area contributed by atoms with Crippen LogP contribution >= 0.6 is 11.6 Å². The fraction of sp³-hybridized carbons (Fsp3) is 0.462. The Morgan fingerprint density at radius 1 is 1.50 bits per heavy atom. The Labute approximate surface area is 111 Å². The summed E-state index contributed by atoms with van der Waals surface area (Å²) in [6.07, 6.45) is 3.12. The zero-order valence-electron chi connectivity index (χ0n) is 10.0. The second kappa shape index (κ2) is 6.07. The second-order valence-electron chi connectivity index (χ2n) is 4.32. The van der Waals surface area contributed by atoms with Crippen molar-refractivity contribution >= 4 is 23.3 Å². The number of nitrogen functional groups attached to an aromatic ring is 1. The number of benzene rings is 1. The van der Waals surface area contributed by atoms with Gasteiger partial charge in [0.2, 0.25) is 0 Å². The monoisotopic (exact) mass is 269 g/mol. The fourth-order valence-corrected chi connectivity index (χ4v) is 2.06. The van der Waals surface area contributed by atoms with Crippen molar-refractivity contribution in [1.82, 2.24) is 0 Å². The molecule has 1 heterocycles. The van der Waals surface area contributed by atoms with Gasteiger partial charge in [-0.25, -0.2) is 4.79 Å². The molecule has 98 valence electrons. The van der Waals surface area contributed by atoms with Gasteiger partial charge in [-0.15, -0.1) is 0 Å². The quantitative estimate of drug-likeness (QED) is 0.677. The summed E-state index contributed by atoms with van der Waals surface area (Å²) in [5, 5.41) is 0.463. The summed E-state index contributed by atoms with van der Waals surface area (Å²) in [5.74, 6) is -0.454. The minimum atomic E-state index is -0.454. The first-order valence-electron chi connectivity index (χ1n) is 6.00. The third kappa shape index (κ3) is 3.37. The molecular formula is C13H16ClNO3. The molecule has 2 rings (SSSR count). The second-order valence-corrected chi connectivity index (χ2v) is 4.76. The number of nitrogens with two attached hydrogens (primary N) is 1. The zero-order chi connectivity index (χ0) is 13.0. The number of carbonyl (C=O) groups excluding carboxylic acids is 1. The largest absolute Gasteiger partial charge is 0.459 e. The zero-order valence-corrected chi connectivity index (χ0v) is 10.8. The van der Waals surface area contributed by atoms with E-state index in [1.165, 1.54) is 6.07 Å². The lowest BCUT2D eigenvalue weighted by Crippen LogP contribution is -2.26. The molecule has 0 saturated carbocycles. The van der Waals surface area contributed by atoms with E-state index in [0.717, 1.165) is 25.9 Å². The minimum absolute atomic E-state index is 0.00288. The van der Waals surface area contributed by atoms with Crippen LogP contribution in [0.4, 0.5) is 5.69 Å². The van der Waals surface area contributed by atoms with Crippen LogP contribution in [0.5, 0.6) is 0 Å². The summed E-state index contributed by atoms with van der Waals surface area (Å²) in [5.41, 5.74) is 6.38. The smallest absolute Gasteiger partial charge is 0.340 e. The highest BCUT2D eigenvalue weighted by Crippen LogP contribution is 2.19. The van der Waals surface area contributed by atoms with E-state index >= 15 is 0 Å². The van der Waals surface area contributed by atoms with Crippen LogP contribution in [0.1, 0.15) is 29.6 Å². The third-order valence-electron chi connectivity index (χ3n) is 2.91. The summed E-state index contributed by atoms with van der Waals surface area (Å²) >= 11 is 5.82. The standard InChI is InChI=1S/C13H16ClNO3/c14-9-4-5-12(15)11(7-9)13(16)18-8-10-3-1-2-6-17-10/h4-5,7,10H,1-3,6,8,15H2/t10-/m1/s1. The first kappa shape index (κ1) is 13.2. The molecule has 1 aliphatic heterocycles. The van der Waals surface area contributed by atoms with E-state index in [2.05, 4.69) is 0 Å². The molecule has 1 saturated heterocycles. The average Bonchev–Trinajstić information content (AvgIpc) is 2.40. The molecule has 0 aromatic heterocycles. The van der Waals surface area contributed by atoms with Gasteiger partial charge in [0.1, 0.15) is 6.61 Å². The van der Waals surface area contributed by atoms with Gasteiger partial charge in [-0.3, -0.25) is 0 Å². The Balaban J connectivity index is 1.92. The molecule has 0 radical (unpaired) electrons. The van der Waals surface area contributed by atoms with Gasteiger partial charge in [0.15, 0.2) is 0 Å². The lowest BCUT2D eigenvalue weighted by atomic mass is 10.1. The maximum absolute atomic E-state index is 11.8. The van der Waals surface area contributed by atoms with Crippen molar-refractivity contribution in [1.29, 1.82) is 0 Å². The van der Waals surface area contributed by atoms with Crippen molar-refractivity contribution < 1.29 is 14.3 Å². The summed E-state index contributed by atoms with van der Waals surface area (Å²) in [6.45, 7) is 1.01. The van der Waals surface area contributed by atoms with E-state index in [4.69, 9.17) is 26.8 Å². The Kier molecular flexibility index (Phi) is 4.44. The molecule has 1 atom stereocenters. The van der Waals surface area contributed by atoms with E-state index in [1.54, 1.807) is 12.1 Å². The van der Waals surface area contributed by atoms with Crippen molar-refractivity contribution in [2.75, 3.05) is 18.9 Å². The van der Waals surface area contributed by atoms with Gasteiger partial charge < -0.3 is 15.2 Å². The van der Waals surface area contributed by atoms with Gasteiger partial charge in [0, 0.05) is 17.3 Å². The molecule has 1 aliphatic rings. The first-order chi connectivity index (χ1) is 8.66. The third-order valence-corrected chi connectivity index (χ3v) is 3.14. The SMILES string of the molecule is Nc1ccc(Cl)cc1C(=O)OC[C@H]1CCCCO1. The highest BCUT2D eigenvalue weighted by Gasteiger charge is 2.18. The van der Waals surface area contributed by atoms with Crippen molar-refractivity contribution in [2.24, 2.45) is 0 Å². The number of carbonyl (C=O) groups is 1. The van der Waals surface area contributed by atoms with Crippen LogP contribution in [0.15, 0.2) is 18.2 Å². The van der Waals surface area contributed by atoms with Crippen LogP contribution < -0.4 is 5.73 Å². The normalized spacial score (nSPS) is 19.5. The molecule has 0 spiro atoms. The lowest BCUT2D eigenvalue weighted by molar-refractivity contribution is -0.0300. The number of hydrogen-bond acceptors (Lipinski definition) is 4. The summed E-state index contributed by atoms with van der Waals surface area (Å²) in [7, 11) is 0. The summed E-state index contributed by atoms with van der Waals surface area (Å²) in [4.78, 5) is 11.8. The highest BCUT2D eigenvalue weighted by molar-refractivity contribution is 6.31. The Bertz CT molecular complexity index is 430. The fourth-order valence-electron chi connectivity index (χ4n) is 1.89. The average molecular weight is 270 g/mol. The van der Waals surface area contributed by atoms with Crippen molar-refractivity contribution in [3.05, 3.63) is 28.8 Å². The van der Waals surface area contributed by atoms with E-state index in [0.29, 0.717) is 16.3 Å². The van der Waals surface area contributed by atoms with Gasteiger partial charge in [-0.2, -0.15) is 0 Å². The van der Waals surface area contributed by atoms with Gasteiger partial charge >= 0.3 is 5.97 Å². The Morgan fingerprint density at radius 2 is 2.33 bits per heavy atom. The topological polar surface area (TPSA) is 61.6 Å². The van der Waals surface area contributed by atoms with Crippen molar-refractivity contribution in [2.45, 2.75) is 25.4 Å². The van der Waals surface area contributed by atoms with Gasteiger partial charge in [-0.05, 0) is 37.5 Å². The molecule has 5 heteroatoms. The molecule has 0 amide bonds. The van der Waals surface area contributed by atoms with Crippen LogP contribution in [0.25, 0.3) is 0 Å². The number of halogens is 1. The molecule has 1 fully saturated rings. The molecule has 0 unspecified atom stereocenters. The van der Waals surface area contributed by atoms with Gasteiger partial charge in [0.05, 0.1) is 11.7 Å². The maximum Gasteiger partial charge on any atom is 0.340 e. The summed E-state index contributed by atoms with van der Waals surface area (Å²) < 4.78 is 10.7. The van der Waals surface area contributed by atoms with E-state index in [1.807, 2.05) is 0 Å². The lowest BCUT2D eigenvalue weighted by Gasteiger charge is -2.22. The number of anilines is 1. The van der Waals surface area contributed by atoms with E-state index in [9.17, 15) is 4.79 Å². The highest BCUT2D eigenvalue weighted by atomic mass is 35.5. The van der Waals surface area contributed by atoms with Gasteiger partial charge in [-0.1, -0.05) is 11.6 Å². The Morgan fingerprint density at radius 3 is 3.06 bits per heavy atom. The minimum Gasteiger partial charge on any atom is -0.459 e. The van der Waals surface area contributed by atoms with Crippen molar-refractivity contribution in [3.63, 3.8) is 0 Å². The predicted octanol–water partition coefficient (Wildman–Crippen LogP) is 2.65. The molecule has 0 aliphatic carbocycles. The van der Waals surface area contributed by atoms with E-state index < -0.39 is 5.97 Å². The number of esters is 1. The number of hydrogen-bond donors (Lipinski definition) is 1. The maximum atomic E-state index is 11.8. The summed E-state index contributed by atoms with van der Waals surface area (Å²) in [6, 6.07) is 4.74. The molecule has 2 N–H and O–H groups in total.